The van der Waals surface area contributed by atoms with E-state index in [1.807, 2.05) is 0 Å². The third-order valence-corrected chi connectivity index (χ3v) is 7.74. The molecule has 40 heavy (non-hydrogen) atoms. The van der Waals surface area contributed by atoms with Gasteiger partial charge in [0.2, 0.25) is 0 Å². The van der Waals surface area contributed by atoms with Crippen molar-refractivity contribution in [1.29, 1.82) is 0 Å². The summed E-state index contributed by atoms with van der Waals surface area (Å²) in [6.07, 6.45) is 0. The maximum Gasteiger partial charge on any atom is 0.261 e. The fraction of sp³-hybridized carbons (Fsp3) is 0.0714. The third kappa shape index (κ3) is 7.45. The van der Waals surface area contributed by atoms with E-state index in [-0.39, 0.29) is 40.2 Å². The fourth-order valence-electron chi connectivity index (χ4n) is 3.53. The van der Waals surface area contributed by atoms with Crippen LogP contribution in [-0.4, -0.2) is 33.3 Å². The molecule has 2 amide bonds. The first-order chi connectivity index (χ1) is 19.1. The maximum atomic E-state index is 13.1. The Morgan fingerprint density at radius 1 is 0.700 bits per heavy atom. The summed E-state index contributed by atoms with van der Waals surface area (Å²) in [5.74, 6) is -0.159. The lowest BCUT2D eigenvalue weighted by Crippen LogP contribution is -2.35. The van der Waals surface area contributed by atoms with Crippen LogP contribution in [0.3, 0.4) is 0 Å². The van der Waals surface area contributed by atoms with E-state index in [0.29, 0.717) is 27.1 Å². The number of hydrogen-bond acceptors (Lipinski definition) is 5. The third-order valence-electron chi connectivity index (χ3n) is 5.48. The highest BCUT2D eigenvalue weighted by Crippen LogP contribution is 2.30. The number of para-hydroxylation sites is 1. The number of sulfonamides is 1. The van der Waals surface area contributed by atoms with Crippen LogP contribution in [0, 0.1) is 0 Å². The predicted molar refractivity (Wildman–Crippen MR) is 156 cm³/mol. The summed E-state index contributed by atoms with van der Waals surface area (Å²) >= 11 is 18.2. The molecule has 4 aromatic rings. The van der Waals surface area contributed by atoms with Crippen molar-refractivity contribution in [2.75, 3.05) is 17.8 Å². The van der Waals surface area contributed by atoms with Crippen LogP contribution in [0.25, 0.3) is 0 Å². The van der Waals surface area contributed by atoms with Crippen LogP contribution in [0.5, 0.6) is 11.5 Å². The van der Waals surface area contributed by atoms with Gasteiger partial charge in [-0.25, -0.2) is 8.42 Å². The van der Waals surface area contributed by atoms with E-state index in [2.05, 4.69) is 15.4 Å². The number of nitrogens with one attached hydrogen (secondary N) is 3. The van der Waals surface area contributed by atoms with E-state index in [9.17, 15) is 18.0 Å². The number of rotatable bonds is 10. The molecule has 0 aliphatic rings. The molecule has 0 aromatic heterocycles. The predicted octanol–water partition coefficient (Wildman–Crippen LogP) is 6.40. The topological polar surface area (TPSA) is 114 Å². The number of amides is 2. The van der Waals surface area contributed by atoms with Gasteiger partial charge in [-0.1, -0.05) is 59.1 Å². The first-order valence-corrected chi connectivity index (χ1v) is 14.4. The molecule has 0 saturated carbocycles. The summed E-state index contributed by atoms with van der Waals surface area (Å²) in [7, 11) is -4.08. The summed E-state index contributed by atoms with van der Waals surface area (Å²) < 4.78 is 34.3. The smallest absolute Gasteiger partial charge is 0.261 e. The molecular weight excluding hydrogens is 597 g/mol. The highest BCUT2D eigenvalue weighted by atomic mass is 35.5. The molecule has 8 nitrogen and oxygen atoms in total. The number of halogens is 3. The van der Waals surface area contributed by atoms with Gasteiger partial charge in [0.15, 0.2) is 0 Å². The lowest BCUT2D eigenvalue weighted by atomic mass is 10.1. The Labute approximate surface area is 246 Å². The van der Waals surface area contributed by atoms with Crippen LogP contribution >= 0.6 is 34.8 Å². The van der Waals surface area contributed by atoms with Crippen molar-refractivity contribution in [3.63, 3.8) is 0 Å². The van der Waals surface area contributed by atoms with Gasteiger partial charge in [-0.3, -0.25) is 14.3 Å². The molecule has 0 heterocycles. The van der Waals surface area contributed by atoms with Crippen LogP contribution < -0.4 is 20.1 Å². The van der Waals surface area contributed by atoms with Crippen molar-refractivity contribution in [2.45, 2.75) is 4.90 Å². The van der Waals surface area contributed by atoms with Gasteiger partial charge in [0.25, 0.3) is 21.8 Å². The summed E-state index contributed by atoms with van der Waals surface area (Å²) in [4.78, 5) is 25.1. The van der Waals surface area contributed by atoms with Gasteiger partial charge in [-0.05, 0) is 66.7 Å². The van der Waals surface area contributed by atoms with Gasteiger partial charge in [0, 0.05) is 18.1 Å². The van der Waals surface area contributed by atoms with Crippen molar-refractivity contribution in [3.05, 3.63) is 117 Å². The average Bonchev–Trinajstić information content (AvgIpc) is 2.93. The zero-order chi connectivity index (χ0) is 28.7. The lowest BCUT2D eigenvalue weighted by Gasteiger charge is -2.14. The van der Waals surface area contributed by atoms with Crippen LogP contribution in [0.4, 0.5) is 5.69 Å². The molecule has 0 bridgehead atoms. The summed E-state index contributed by atoms with van der Waals surface area (Å²) in [5.41, 5.74) is 0.344. The largest absolute Gasteiger partial charge is 0.456 e. The Bertz CT molecular complexity index is 1650. The van der Waals surface area contributed by atoms with Crippen LogP contribution in [0.15, 0.2) is 95.9 Å². The molecule has 0 aliphatic heterocycles. The Morgan fingerprint density at radius 3 is 1.95 bits per heavy atom. The molecule has 206 valence electrons. The molecule has 3 N–H and O–H groups in total. The molecule has 0 fully saturated rings. The minimum absolute atomic E-state index is 0.00665. The number of benzene rings is 4. The van der Waals surface area contributed by atoms with E-state index in [1.165, 1.54) is 42.5 Å². The van der Waals surface area contributed by atoms with E-state index >= 15 is 0 Å². The second-order valence-corrected chi connectivity index (χ2v) is 11.2. The molecule has 0 saturated heterocycles. The van der Waals surface area contributed by atoms with Gasteiger partial charge >= 0.3 is 0 Å². The van der Waals surface area contributed by atoms with Crippen LogP contribution in [-0.2, 0) is 10.0 Å². The van der Waals surface area contributed by atoms with Crippen molar-refractivity contribution < 1.29 is 22.7 Å². The highest BCUT2D eigenvalue weighted by molar-refractivity contribution is 7.92. The molecule has 0 aliphatic carbocycles. The van der Waals surface area contributed by atoms with Gasteiger partial charge < -0.3 is 15.4 Å². The first kappa shape index (κ1) is 29.2. The van der Waals surface area contributed by atoms with E-state index in [4.69, 9.17) is 39.5 Å². The average molecular weight is 619 g/mol. The molecule has 0 unspecified atom stereocenters. The Balaban J connectivity index is 1.40. The zero-order valence-electron chi connectivity index (χ0n) is 20.7. The normalized spacial score (nSPS) is 11.0. The second kappa shape index (κ2) is 13.1. The van der Waals surface area contributed by atoms with Crippen LogP contribution in [0.2, 0.25) is 15.1 Å². The van der Waals surface area contributed by atoms with Gasteiger partial charge in [-0.15, -0.1) is 0 Å². The fourth-order valence-corrected chi connectivity index (χ4v) is 5.17. The monoisotopic (exact) mass is 617 g/mol. The number of carbonyl (C=O) groups excluding carboxylic acids is 2. The molecule has 0 atom stereocenters. The Kier molecular flexibility index (Phi) is 9.54. The minimum Gasteiger partial charge on any atom is -0.456 e. The Morgan fingerprint density at radius 2 is 1.30 bits per heavy atom. The minimum atomic E-state index is -4.08. The molecule has 0 spiro atoms. The second-order valence-electron chi connectivity index (χ2n) is 8.29. The number of anilines is 1. The van der Waals surface area contributed by atoms with Crippen molar-refractivity contribution in [3.8, 4) is 11.5 Å². The molecule has 4 rings (SSSR count). The molecule has 0 radical (unpaired) electrons. The van der Waals surface area contributed by atoms with Crippen molar-refractivity contribution in [2.24, 2.45) is 0 Å². The van der Waals surface area contributed by atoms with Gasteiger partial charge in [0.1, 0.15) is 11.5 Å². The summed E-state index contributed by atoms with van der Waals surface area (Å²) in [6.45, 7) is 0.181. The van der Waals surface area contributed by atoms with Crippen LogP contribution in [0.1, 0.15) is 20.7 Å². The number of hydrogen-bond donors (Lipinski definition) is 3. The number of ether oxygens (including phenoxy) is 1. The Hall–Kier alpha value is -3.76. The first-order valence-electron chi connectivity index (χ1n) is 11.8. The van der Waals surface area contributed by atoms with Crippen molar-refractivity contribution in [1.82, 2.24) is 10.6 Å². The summed E-state index contributed by atoms with van der Waals surface area (Å²) in [6, 6.07) is 23.4. The van der Waals surface area contributed by atoms with E-state index < -0.39 is 15.9 Å². The standard InChI is InChI=1S/C28H22Cl3N3O5S/c29-18-9-14-25(22(17-18)28(36)33-16-15-32-27(35)21-5-1-2-6-23(21)30)34-40(37,38)20-12-10-19(11-13-20)39-26-8-4-3-7-24(26)31/h1-14,17,34H,15-16H2,(H,32,35)(H,33,36). The SMILES string of the molecule is O=C(NCCNC(=O)c1cc(Cl)ccc1NS(=O)(=O)c1ccc(Oc2ccccc2Cl)cc1)c1ccccc1Cl. The summed E-state index contributed by atoms with van der Waals surface area (Å²) in [5, 5.41) is 6.26. The maximum absolute atomic E-state index is 13.1. The van der Waals surface area contributed by atoms with Gasteiger partial charge in [0.05, 0.1) is 31.8 Å². The van der Waals surface area contributed by atoms with Crippen molar-refractivity contribution >= 4 is 62.3 Å². The molecule has 12 heteroatoms. The van der Waals surface area contributed by atoms with Gasteiger partial charge in [-0.2, -0.15) is 0 Å². The molecular formula is C28H22Cl3N3O5S. The highest BCUT2D eigenvalue weighted by Gasteiger charge is 2.20. The molecule has 4 aromatic carbocycles. The van der Waals surface area contributed by atoms with E-state index in [1.54, 1.807) is 48.5 Å². The quantitative estimate of drug-likeness (QED) is 0.178. The van der Waals surface area contributed by atoms with E-state index in [0.717, 1.165) is 0 Å². The lowest BCUT2D eigenvalue weighted by molar-refractivity contribution is 0.0928. The number of carbonyl (C=O) groups is 2. The zero-order valence-corrected chi connectivity index (χ0v) is 23.7.